The molecule has 0 saturated heterocycles. The van der Waals surface area contributed by atoms with Gasteiger partial charge in [0.25, 0.3) is 8.32 Å². The smallest absolute Gasteiger partial charge is 0.358 e. The van der Waals surface area contributed by atoms with E-state index in [1.165, 1.54) is 14.0 Å². The minimum absolute atomic E-state index is 0.00483. The molecule has 6 heteroatoms. The number of esters is 1. The number of nitrogens with one attached hydrogen (secondary N) is 1. The van der Waals surface area contributed by atoms with Crippen LogP contribution in [0.5, 0.6) is 0 Å². The molecule has 0 aromatic rings. The minimum atomic E-state index is -2.17. The van der Waals surface area contributed by atoms with Crippen LogP contribution < -0.4 is 5.32 Å². The highest BCUT2D eigenvalue weighted by Crippen LogP contribution is 2.45. The van der Waals surface area contributed by atoms with Gasteiger partial charge in [-0.25, -0.2) is 4.79 Å². The first-order chi connectivity index (χ1) is 9.90. The number of rotatable bonds is 7. The van der Waals surface area contributed by atoms with E-state index in [-0.39, 0.29) is 16.6 Å². The van der Waals surface area contributed by atoms with Crippen LogP contribution >= 0.6 is 0 Å². The summed E-state index contributed by atoms with van der Waals surface area (Å²) >= 11 is 0. The van der Waals surface area contributed by atoms with E-state index in [0.717, 1.165) is 0 Å². The molecule has 0 unspecified atom stereocenters. The fourth-order valence-corrected chi connectivity index (χ4v) is 4.46. The SMILES string of the molecule is CC/C(O[Si](C)(C)C(C)(C)C(C)C)=C(/NC(C)=O)C(=O)OC. The average molecular weight is 330 g/mol. The van der Waals surface area contributed by atoms with Crippen molar-refractivity contribution in [3.05, 3.63) is 11.5 Å². The Hall–Kier alpha value is -1.30. The number of carbonyl (C=O) groups is 2. The van der Waals surface area contributed by atoms with Gasteiger partial charge in [-0.2, -0.15) is 0 Å². The Balaban J connectivity index is 5.76. The van der Waals surface area contributed by atoms with Crippen LogP contribution in [0.4, 0.5) is 0 Å². The minimum Gasteiger partial charge on any atom is -0.545 e. The quantitative estimate of drug-likeness (QED) is 0.336. The van der Waals surface area contributed by atoms with Gasteiger partial charge in [-0.05, 0) is 24.1 Å². The van der Waals surface area contributed by atoms with Crippen molar-refractivity contribution < 1.29 is 18.8 Å². The Morgan fingerprint density at radius 2 is 1.73 bits per heavy atom. The molecular formula is C16H31NO4Si. The molecule has 0 rings (SSSR count). The second-order valence-electron chi connectivity index (χ2n) is 6.81. The van der Waals surface area contributed by atoms with Crippen molar-refractivity contribution in [2.75, 3.05) is 7.11 Å². The lowest BCUT2D eigenvalue weighted by Gasteiger charge is -2.43. The molecule has 0 spiro atoms. The normalized spacial score (nSPS) is 13.5. The number of amides is 1. The van der Waals surface area contributed by atoms with Gasteiger partial charge in [0, 0.05) is 13.3 Å². The lowest BCUT2D eigenvalue weighted by atomic mass is 9.99. The van der Waals surface area contributed by atoms with E-state index < -0.39 is 14.3 Å². The molecule has 22 heavy (non-hydrogen) atoms. The highest BCUT2D eigenvalue weighted by molar-refractivity contribution is 6.74. The van der Waals surface area contributed by atoms with E-state index in [1.807, 2.05) is 6.92 Å². The average Bonchev–Trinajstić information content (AvgIpc) is 2.40. The fraction of sp³-hybridized carbons (Fsp3) is 0.750. The predicted octanol–water partition coefficient (Wildman–Crippen LogP) is 3.58. The molecular weight excluding hydrogens is 298 g/mol. The van der Waals surface area contributed by atoms with Crippen LogP contribution in [0.3, 0.4) is 0 Å². The first-order valence-electron chi connectivity index (χ1n) is 7.68. The summed E-state index contributed by atoms with van der Waals surface area (Å²) in [7, 11) is -0.878. The molecule has 0 aliphatic carbocycles. The third-order valence-electron chi connectivity index (χ3n) is 4.66. The maximum absolute atomic E-state index is 12.0. The molecule has 1 N–H and O–H groups in total. The van der Waals surface area contributed by atoms with Crippen LogP contribution in [-0.4, -0.2) is 27.3 Å². The Morgan fingerprint density at radius 1 is 1.23 bits per heavy atom. The highest BCUT2D eigenvalue weighted by atomic mass is 28.4. The number of ether oxygens (including phenoxy) is 1. The zero-order chi connectivity index (χ0) is 17.7. The van der Waals surface area contributed by atoms with E-state index in [0.29, 0.717) is 18.1 Å². The van der Waals surface area contributed by atoms with Gasteiger partial charge >= 0.3 is 5.97 Å². The van der Waals surface area contributed by atoms with Crippen molar-refractivity contribution >= 4 is 20.2 Å². The third kappa shape index (κ3) is 4.86. The van der Waals surface area contributed by atoms with Crippen molar-refractivity contribution in [1.82, 2.24) is 5.32 Å². The van der Waals surface area contributed by atoms with Gasteiger partial charge in [-0.3, -0.25) is 4.79 Å². The molecule has 0 aromatic carbocycles. The van der Waals surface area contributed by atoms with Crippen molar-refractivity contribution in [1.29, 1.82) is 0 Å². The molecule has 1 amide bonds. The fourth-order valence-electron chi connectivity index (χ4n) is 1.95. The second kappa shape index (κ2) is 7.81. The van der Waals surface area contributed by atoms with Crippen LogP contribution in [0.15, 0.2) is 11.5 Å². The topological polar surface area (TPSA) is 64.6 Å². The van der Waals surface area contributed by atoms with Gasteiger partial charge in [0.2, 0.25) is 5.91 Å². The summed E-state index contributed by atoms with van der Waals surface area (Å²) < 4.78 is 11.1. The molecule has 0 bridgehead atoms. The van der Waals surface area contributed by atoms with E-state index in [2.05, 4.69) is 46.1 Å². The van der Waals surface area contributed by atoms with E-state index in [4.69, 9.17) is 9.16 Å². The van der Waals surface area contributed by atoms with Gasteiger partial charge in [-0.15, -0.1) is 0 Å². The first kappa shape index (κ1) is 20.7. The van der Waals surface area contributed by atoms with Crippen molar-refractivity contribution in [3.63, 3.8) is 0 Å². The molecule has 0 saturated carbocycles. The number of methoxy groups -OCH3 is 1. The lowest BCUT2D eigenvalue weighted by Crippen LogP contribution is -2.45. The monoisotopic (exact) mass is 329 g/mol. The Morgan fingerprint density at radius 3 is 2.05 bits per heavy atom. The summed E-state index contributed by atoms with van der Waals surface area (Å²) in [6, 6.07) is 0. The van der Waals surface area contributed by atoms with Gasteiger partial charge in [-0.1, -0.05) is 34.6 Å². The van der Waals surface area contributed by atoms with Gasteiger partial charge < -0.3 is 14.5 Å². The van der Waals surface area contributed by atoms with Crippen LogP contribution in [0.25, 0.3) is 0 Å². The molecule has 0 atom stereocenters. The number of hydrogen-bond donors (Lipinski definition) is 1. The Kier molecular flexibility index (Phi) is 7.35. The van der Waals surface area contributed by atoms with Crippen molar-refractivity contribution in [2.24, 2.45) is 5.92 Å². The summed E-state index contributed by atoms with van der Waals surface area (Å²) in [5, 5.41) is 2.55. The van der Waals surface area contributed by atoms with Crippen LogP contribution in [0.2, 0.25) is 18.1 Å². The summed E-state index contributed by atoms with van der Waals surface area (Å²) in [6.07, 6.45) is 0.509. The Labute approximate surface area is 135 Å². The summed E-state index contributed by atoms with van der Waals surface area (Å²) in [5.74, 6) is 0.0267. The maximum Gasteiger partial charge on any atom is 0.358 e. The summed E-state index contributed by atoms with van der Waals surface area (Å²) in [6.45, 7) is 16.2. The van der Waals surface area contributed by atoms with Crippen LogP contribution in [-0.2, 0) is 18.8 Å². The molecule has 5 nitrogen and oxygen atoms in total. The van der Waals surface area contributed by atoms with E-state index in [1.54, 1.807) is 0 Å². The highest BCUT2D eigenvalue weighted by Gasteiger charge is 2.45. The molecule has 0 aliphatic heterocycles. The maximum atomic E-state index is 12.0. The lowest BCUT2D eigenvalue weighted by molar-refractivity contribution is -0.138. The standard InChI is InChI=1S/C16H31NO4Si/c1-10-13(14(15(19)20-7)17-12(4)18)21-22(8,9)16(5,6)11(2)3/h11H,10H2,1-9H3,(H,17,18)/b14-13-. The first-order valence-corrected chi connectivity index (χ1v) is 10.6. The molecule has 0 fully saturated rings. The van der Waals surface area contributed by atoms with E-state index >= 15 is 0 Å². The zero-order valence-electron chi connectivity index (χ0n) is 15.4. The van der Waals surface area contributed by atoms with Gasteiger partial charge in [0.1, 0.15) is 5.76 Å². The zero-order valence-corrected chi connectivity index (χ0v) is 16.4. The molecule has 128 valence electrons. The molecule has 0 aliphatic rings. The van der Waals surface area contributed by atoms with Crippen LogP contribution in [0.1, 0.15) is 48.0 Å². The third-order valence-corrected chi connectivity index (χ3v) is 9.10. The van der Waals surface area contributed by atoms with Gasteiger partial charge in [0.15, 0.2) is 5.70 Å². The summed E-state index contributed by atoms with van der Waals surface area (Å²) in [4.78, 5) is 23.3. The molecule has 0 radical (unpaired) electrons. The molecule has 0 aromatic heterocycles. The van der Waals surface area contributed by atoms with Crippen molar-refractivity contribution in [3.8, 4) is 0 Å². The largest absolute Gasteiger partial charge is 0.545 e. The van der Waals surface area contributed by atoms with Gasteiger partial charge in [0.05, 0.1) is 7.11 Å². The summed E-state index contributed by atoms with van der Waals surface area (Å²) in [5.41, 5.74) is 0.109. The molecule has 0 heterocycles. The predicted molar refractivity (Wildman–Crippen MR) is 90.6 cm³/mol. The second-order valence-corrected chi connectivity index (χ2v) is 11.3. The number of allylic oxidation sites excluding steroid dienone is 1. The van der Waals surface area contributed by atoms with Crippen LogP contribution in [0, 0.1) is 5.92 Å². The van der Waals surface area contributed by atoms with Crippen molar-refractivity contribution in [2.45, 2.75) is 66.1 Å². The number of hydrogen-bond acceptors (Lipinski definition) is 4. The number of carbonyl (C=O) groups excluding carboxylic acids is 2. The van der Waals surface area contributed by atoms with E-state index in [9.17, 15) is 9.59 Å². The Bertz CT molecular complexity index is 453.